The minimum atomic E-state index is -0.501. The lowest BCUT2D eigenvalue weighted by Gasteiger charge is -2.10. The van der Waals surface area contributed by atoms with Crippen LogP contribution in [0.3, 0.4) is 0 Å². The Hall–Kier alpha value is -3.29. The Labute approximate surface area is 123 Å². The van der Waals surface area contributed by atoms with Crippen molar-refractivity contribution < 1.29 is 14.2 Å². The third kappa shape index (κ3) is 1.48. The highest BCUT2D eigenvalue weighted by Gasteiger charge is 2.38. The van der Waals surface area contributed by atoms with Crippen molar-refractivity contribution in [2.75, 3.05) is 4.90 Å². The van der Waals surface area contributed by atoms with Gasteiger partial charge in [0.2, 0.25) is 12.3 Å². The van der Waals surface area contributed by atoms with Crippen molar-refractivity contribution in [3.63, 3.8) is 0 Å². The Kier molecular flexibility index (Phi) is 2.32. The molecule has 2 amide bonds. The molecule has 1 aliphatic heterocycles. The van der Waals surface area contributed by atoms with Crippen LogP contribution in [0.15, 0.2) is 35.4 Å². The molecule has 0 saturated carbocycles. The number of aryl methyl sites for hydroxylation is 1. The van der Waals surface area contributed by atoms with Crippen LogP contribution >= 0.6 is 0 Å². The number of aromatic amines is 2. The van der Waals surface area contributed by atoms with Crippen molar-refractivity contribution >= 4 is 28.9 Å². The summed E-state index contributed by atoms with van der Waals surface area (Å²) in [5.41, 5.74) is 0.804. The van der Waals surface area contributed by atoms with E-state index in [0.29, 0.717) is 22.3 Å². The van der Waals surface area contributed by atoms with E-state index in [4.69, 9.17) is 0 Å². The molecule has 4 rings (SSSR count). The van der Waals surface area contributed by atoms with Gasteiger partial charge in [-0.05, 0) is 12.1 Å². The molecular formula is C14H10N5O3+. The Morgan fingerprint density at radius 1 is 1.09 bits per heavy atom. The summed E-state index contributed by atoms with van der Waals surface area (Å²) in [4.78, 5) is 47.3. The average Bonchev–Trinajstić information content (AvgIpc) is 2.99. The van der Waals surface area contributed by atoms with Gasteiger partial charge in [-0.3, -0.25) is 19.4 Å². The molecule has 8 heteroatoms. The molecule has 8 nitrogen and oxygen atoms in total. The van der Waals surface area contributed by atoms with E-state index in [1.54, 1.807) is 42.2 Å². The lowest BCUT2D eigenvalue weighted by Crippen LogP contribution is -2.35. The predicted molar refractivity (Wildman–Crippen MR) is 75.5 cm³/mol. The molecule has 1 aromatic carbocycles. The topological polar surface area (TPSA) is 103 Å². The van der Waals surface area contributed by atoms with Gasteiger partial charge in [-0.2, -0.15) is 4.98 Å². The third-order valence-corrected chi connectivity index (χ3v) is 3.64. The molecule has 0 atom stereocenters. The summed E-state index contributed by atoms with van der Waals surface area (Å²) < 4.78 is 1.58. The number of carbonyl (C=O) groups excluding carboxylic acids is 2. The SMILES string of the molecule is C[n+]1c[nH]c2nc(N3C(=O)c4ccccc4C3=O)[nH]c(=O)c21. The number of nitrogens with one attached hydrogen (secondary N) is 2. The first kappa shape index (κ1) is 12.5. The quantitative estimate of drug-likeness (QED) is 0.482. The lowest BCUT2D eigenvalue weighted by atomic mass is 10.1. The van der Waals surface area contributed by atoms with Crippen molar-refractivity contribution in [1.29, 1.82) is 0 Å². The van der Waals surface area contributed by atoms with Crippen LogP contribution in [0.25, 0.3) is 11.2 Å². The molecule has 0 radical (unpaired) electrons. The summed E-state index contributed by atoms with van der Waals surface area (Å²) in [5.74, 6) is -1.09. The van der Waals surface area contributed by atoms with Gasteiger partial charge in [0.15, 0.2) is 0 Å². The monoisotopic (exact) mass is 296 g/mol. The number of hydrogen-bond donors (Lipinski definition) is 2. The van der Waals surface area contributed by atoms with Gasteiger partial charge in [0.25, 0.3) is 23.0 Å². The van der Waals surface area contributed by atoms with Crippen molar-refractivity contribution in [3.8, 4) is 0 Å². The van der Waals surface area contributed by atoms with Gasteiger partial charge in [0.1, 0.15) is 0 Å². The van der Waals surface area contributed by atoms with E-state index in [1.807, 2.05) is 0 Å². The van der Waals surface area contributed by atoms with Crippen molar-refractivity contribution in [2.45, 2.75) is 0 Å². The van der Waals surface area contributed by atoms with Crippen LogP contribution in [0.2, 0.25) is 0 Å². The maximum atomic E-state index is 12.4. The molecule has 0 bridgehead atoms. The molecule has 2 aromatic heterocycles. The summed E-state index contributed by atoms with van der Waals surface area (Å²) in [6.45, 7) is 0. The second-order valence-electron chi connectivity index (χ2n) is 4.96. The predicted octanol–water partition coefficient (Wildman–Crippen LogP) is -0.124. The van der Waals surface area contributed by atoms with Gasteiger partial charge in [0, 0.05) is 0 Å². The van der Waals surface area contributed by atoms with Crippen LogP contribution in [0.5, 0.6) is 0 Å². The minimum Gasteiger partial charge on any atom is -0.288 e. The molecule has 0 saturated heterocycles. The van der Waals surface area contributed by atoms with Crippen LogP contribution < -0.4 is 15.0 Å². The maximum Gasteiger partial charge on any atom is 0.304 e. The van der Waals surface area contributed by atoms with Gasteiger partial charge in [0.05, 0.1) is 18.2 Å². The fraction of sp³-hybridized carbons (Fsp3) is 0.0714. The molecule has 1 aliphatic rings. The van der Waals surface area contributed by atoms with Gasteiger partial charge >= 0.3 is 5.56 Å². The van der Waals surface area contributed by atoms with Crippen LogP contribution in [-0.4, -0.2) is 26.8 Å². The number of amides is 2. The van der Waals surface area contributed by atoms with E-state index in [1.165, 1.54) is 0 Å². The van der Waals surface area contributed by atoms with E-state index in [9.17, 15) is 14.4 Å². The summed E-state index contributed by atoms with van der Waals surface area (Å²) in [5, 5.41) is 0. The number of benzene rings is 1. The standard InChI is InChI=1S/C14H9N5O3/c1-18-6-15-10-9(18)11(20)17-14(16-10)19-12(21)7-4-2-3-5-8(7)13(19)22/h2-6H,1H3,(H,16,17,20)/p+1. The largest absolute Gasteiger partial charge is 0.304 e. The highest BCUT2D eigenvalue weighted by molar-refractivity contribution is 6.33. The summed E-state index contributed by atoms with van der Waals surface area (Å²) in [7, 11) is 1.69. The van der Waals surface area contributed by atoms with E-state index < -0.39 is 17.4 Å². The normalized spacial score (nSPS) is 14.0. The number of anilines is 1. The first-order chi connectivity index (χ1) is 10.6. The average molecular weight is 296 g/mol. The summed E-state index contributed by atoms with van der Waals surface area (Å²) in [6, 6.07) is 6.50. The second kappa shape index (κ2) is 4.10. The molecule has 0 unspecified atom stereocenters. The van der Waals surface area contributed by atoms with Crippen molar-refractivity contribution in [3.05, 3.63) is 52.1 Å². The van der Waals surface area contributed by atoms with Gasteiger partial charge in [-0.15, -0.1) is 0 Å². The second-order valence-corrected chi connectivity index (χ2v) is 4.96. The number of imidazole rings is 1. The zero-order valence-corrected chi connectivity index (χ0v) is 11.5. The van der Waals surface area contributed by atoms with Crippen LogP contribution in [0, 0.1) is 0 Å². The number of hydrogen-bond acceptors (Lipinski definition) is 4. The number of imide groups is 1. The Morgan fingerprint density at radius 3 is 2.36 bits per heavy atom. The lowest BCUT2D eigenvalue weighted by molar-refractivity contribution is -0.645. The van der Waals surface area contributed by atoms with E-state index in [-0.39, 0.29) is 5.95 Å². The molecule has 3 heterocycles. The number of rotatable bonds is 1. The molecule has 0 aliphatic carbocycles. The summed E-state index contributed by atoms with van der Waals surface area (Å²) in [6.07, 6.45) is 1.57. The van der Waals surface area contributed by atoms with Crippen molar-refractivity contribution in [1.82, 2.24) is 15.0 Å². The first-order valence-electron chi connectivity index (χ1n) is 6.53. The summed E-state index contributed by atoms with van der Waals surface area (Å²) >= 11 is 0. The first-order valence-corrected chi connectivity index (χ1v) is 6.53. The third-order valence-electron chi connectivity index (χ3n) is 3.64. The molecule has 22 heavy (non-hydrogen) atoms. The molecule has 0 fully saturated rings. The number of aromatic nitrogens is 4. The van der Waals surface area contributed by atoms with Crippen LogP contribution in [0.1, 0.15) is 20.7 Å². The van der Waals surface area contributed by atoms with Gasteiger partial charge < -0.3 is 0 Å². The Bertz CT molecular complexity index is 982. The number of H-pyrrole nitrogens is 2. The molecule has 3 aromatic rings. The number of nitrogens with zero attached hydrogens (tertiary/aromatic N) is 3. The fourth-order valence-electron chi connectivity index (χ4n) is 2.59. The number of fused-ring (bicyclic) bond motifs is 2. The molecule has 2 N–H and O–H groups in total. The van der Waals surface area contributed by atoms with Crippen molar-refractivity contribution in [2.24, 2.45) is 7.05 Å². The Balaban J connectivity index is 1.92. The van der Waals surface area contributed by atoms with E-state index >= 15 is 0 Å². The Morgan fingerprint density at radius 2 is 1.73 bits per heavy atom. The molecular weight excluding hydrogens is 286 g/mol. The zero-order chi connectivity index (χ0) is 15.4. The van der Waals surface area contributed by atoms with Crippen LogP contribution in [0.4, 0.5) is 5.95 Å². The highest BCUT2D eigenvalue weighted by Crippen LogP contribution is 2.25. The zero-order valence-electron chi connectivity index (χ0n) is 11.5. The van der Waals surface area contributed by atoms with E-state index in [0.717, 1.165) is 4.90 Å². The maximum absolute atomic E-state index is 12.4. The van der Waals surface area contributed by atoms with E-state index in [2.05, 4.69) is 15.0 Å². The number of carbonyl (C=O) groups is 2. The molecule has 0 spiro atoms. The van der Waals surface area contributed by atoms with Gasteiger partial charge in [-0.1, -0.05) is 12.1 Å². The fourth-order valence-corrected chi connectivity index (χ4v) is 2.59. The minimum absolute atomic E-state index is 0.0915. The highest BCUT2D eigenvalue weighted by atomic mass is 16.2. The van der Waals surface area contributed by atoms with Crippen LogP contribution in [-0.2, 0) is 7.05 Å². The van der Waals surface area contributed by atoms with Gasteiger partial charge in [-0.25, -0.2) is 14.5 Å². The smallest absolute Gasteiger partial charge is 0.288 e. The molecule has 108 valence electrons.